The molecule has 0 fully saturated rings. The van der Waals surface area contributed by atoms with Gasteiger partial charge >= 0.3 is 5.97 Å². The first-order valence-corrected chi connectivity index (χ1v) is 9.83. The molecule has 1 N–H and O–H groups in total. The van der Waals surface area contributed by atoms with Crippen molar-refractivity contribution < 1.29 is 23.8 Å². The highest BCUT2D eigenvalue weighted by Gasteiger charge is 2.26. The summed E-state index contributed by atoms with van der Waals surface area (Å²) in [5, 5.41) is 2.83. The monoisotopic (exact) mass is 419 g/mol. The SMILES string of the molecule is COc1ccc(CC(=O)O[C@H](C(=O)Nc2cc(C)ccc2OC)c2ccccc2)cc1. The molecule has 0 heterocycles. The lowest BCUT2D eigenvalue weighted by Crippen LogP contribution is -2.26. The molecule has 0 aliphatic rings. The average Bonchev–Trinajstić information content (AvgIpc) is 2.78. The van der Waals surface area contributed by atoms with Crippen LogP contribution < -0.4 is 14.8 Å². The minimum absolute atomic E-state index is 0.0361. The van der Waals surface area contributed by atoms with Gasteiger partial charge in [-0.3, -0.25) is 9.59 Å². The van der Waals surface area contributed by atoms with Gasteiger partial charge in [0.25, 0.3) is 5.91 Å². The Balaban J connectivity index is 1.79. The number of anilines is 1. The molecular weight excluding hydrogens is 394 g/mol. The minimum atomic E-state index is -1.10. The number of nitrogens with one attached hydrogen (secondary N) is 1. The Kier molecular flexibility index (Phi) is 7.27. The lowest BCUT2D eigenvalue weighted by Gasteiger charge is -2.19. The molecule has 3 aromatic rings. The highest BCUT2D eigenvalue weighted by atomic mass is 16.5. The first kappa shape index (κ1) is 21.9. The summed E-state index contributed by atoms with van der Waals surface area (Å²) in [5.41, 5.74) is 2.82. The molecular formula is C25H25NO5. The van der Waals surface area contributed by atoms with Gasteiger partial charge in [0.05, 0.1) is 26.3 Å². The number of hydrogen-bond donors (Lipinski definition) is 1. The summed E-state index contributed by atoms with van der Waals surface area (Å²) in [4.78, 5) is 25.7. The first-order valence-electron chi connectivity index (χ1n) is 9.83. The second-order valence-electron chi connectivity index (χ2n) is 7.00. The summed E-state index contributed by atoms with van der Waals surface area (Å²) in [5.74, 6) is 0.254. The lowest BCUT2D eigenvalue weighted by molar-refractivity contribution is -0.154. The van der Waals surface area contributed by atoms with Crippen LogP contribution in [0.25, 0.3) is 0 Å². The van der Waals surface area contributed by atoms with Crippen molar-refractivity contribution in [1.82, 2.24) is 0 Å². The molecule has 6 nitrogen and oxygen atoms in total. The maximum absolute atomic E-state index is 13.1. The molecule has 0 unspecified atom stereocenters. The third-order valence-corrected chi connectivity index (χ3v) is 4.71. The van der Waals surface area contributed by atoms with Crippen LogP contribution in [0.3, 0.4) is 0 Å². The summed E-state index contributed by atoms with van der Waals surface area (Å²) >= 11 is 0. The van der Waals surface area contributed by atoms with Gasteiger partial charge in [-0.15, -0.1) is 0 Å². The number of carbonyl (C=O) groups is 2. The Bertz CT molecular complexity index is 1030. The molecule has 3 aromatic carbocycles. The highest BCUT2D eigenvalue weighted by Crippen LogP contribution is 2.28. The Labute approximate surface area is 181 Å². The molecule has 0 aromatic heterocycles. The van der Waals surface area contributed by atoms with E-state index < -0.39 is 18.0 Å². The third-order valence-electron chi connectivity index (χ3n) is 4.71. The topological polar surface area (TPSA) is 73.9 Å². The maximum Gasteiger partial charge on any atom is 0.311 e. The average molecular weight is 419 g/mol. The van der Waals surface area contributed by atoms with E-state index in [0.29, 0.717) is 22.7 Å². The molecule has 3 rings (SSSR count). The van der Waals surface area contributed by atoms with Crippen molar-refractivity contribution in [3.63, 3.8) is 0 Å². The van der Waals surface area contributed by atoms with Crippen LogP contribution in [0.5, 0.6) is 11.5 Å². The van der Waals surface area contributed by atoms with Crippen LogP contribution in [0.15, 0.2) is 72.8 Å². The van der Waals surface area contributed by atoms with Crippen LogP contribution >= 0.6 is 0 Å². The van der Waals surface area contributed by atoms with Crippen LogP contribution in [0.4, 0.5) is 5.69 Å². The van der Waals surface area contributed by atoms with Crippen molar-refractivity contribution in [1.29, 1.82) is 0 Å². The Morgan fingerprint density at radius 3 is 2.26 bits per heavy atom. The number of ether oxygens (including phenoxy) is 3. The van der Waals surface area contributed by atoms with Gasteiger partial charge in [0, 0.05) is 5.56 Å². The predicted molar refractivity (Wildman–Crippen MR) is 118 cm³/mol. The van der Waals surface area contributed by atoms with Crippen molar-refractivity contribution >= 4 is 17.6 Å². The molecule has 0 radical (unpaired) electrons. The van der Waals surface area contributed by atoms with E-state index >= 15 is 0 Å². The predicted octanol–water partition coefficient (Wildman–Crippen LogP) is 4.48. The van der Waals surface area contributed by atoms with E-state index in [0.717, 1.165) is 11.1 Å². The molecule has 0 spiro atoms. The number of amides is 1. The zero-order valence-corrected chi connectivity index (χ0v) is 17.8. The number of aryl methyl sites for hydroxylation is 1. The van der Waals surface area contributed by atoms with Crippen LogP contribution in [0.2, 0.25) is 0 Å². The molecule has 6 heteroatoms. The summed E-state index contributed by atoms with van der Waals surface area (Å²) < 4.78 is 16.1. The van der Waals surface area contributed by atoms with Crippen molar-refractivity contribution in [3.05, 3.63) is 89.5 Å². The molecule has 1 amide bonds. The number of methoxy groups -OCH3 is 2. The van der Waals surface area contributed by atoms with E-state index in [1.54, 1.807) is 67.8 Å². The maximum atomic E-state index is 13.1. The number of hydrogen-bond acceptors (Lipinski definition) is 5. The molecule has 0 saturated heterocycles. The normalized spacial score (nSPS) is 11.3. The zero-order valence-electron chi connectivity index (χ0n) is 17.8. The smallest absolute Gasteiger partial charge is 0.311 e. The van der Waals surface area contributed by atoms with Crippen LogP contribution in [-0.2, 0) is 20.7 Å². The Morgan fingerprint density at radius 1 is 0.903 bits per heavy atom. The molecule has 0 aliphatic heterocycles. The van der Waals surface area contributed by atoms with E-state index in [2.05, 4.69) is 5.32 Å². The second kappa shape index (κ2) is 10.3. The third kappa shape index (κ3) is 5.85. The molecule has 0 saturated carbocycles. The van der Waals surface area contributed by atoms with Gasteiger partial charge in [-0.2, -0.15) is 0 Å². The van der Waals surface area contributed by atoms with Crippen LogP contribution in [0, 0.1) is 6.92 Å². The largest absolute Gasteiger partial charge is 0.497 e. The Morgan fingerprint density at radius 2 is 1.61 bits per heavy atom. The molecule has 0 bridgehead atoms. The quantitative estimate of drug-likeness (QED) is 0.545. The Hall–Kier alpha value is -3.80. The highest BCUT2D eigenvalue weighted by molar-refractivity contribution is 5.97. The van der Waals surface area contributed by atoms with Gasteiger partial charge in [0.2, 0.25) is 6.10 Å². The van der Waals surface area contributed by atoms with Crippen molar-refractivity contribution in [3.8, 4) is 11.5 Å². The van der Waals surface area contributed by atoms with Gasteiger partial charge in [-0.1, -0.05) is 48.5 Å². The van der Waals surface area contributed by atoms with E-state index in [-0.39, 0.29) is 6.42 Å². The molecule has 160 valence electrons. The van der Waals surface area contributed by atoms with Crippen LogP contribution in [-0.4, -0.2) is 26.1 Å². The number of benzene rings is 3. The second-order valence-corrected chi connectivity index (χ2v) is 7.00. The summed E-state index contributed by atoms with van der Waals surface area (Å²) in [7, 11) is 3.11. The summed E-state index contributed by atoms with van der Waals surface area (Å²) in [6.07, 6.45) is -1.06. The first-order chi connectivity index (χ1) is 15.0. The standard InChI is InChI=1S/C25H25NO5/c1-17-9-14-22(30-3)21(15-17)26-25(28)24(19-7-5-4-6-8-19)31-23(27)16-18-10-12-20(29-2)13-11-18/h4-15,24H,16H2,1-3H3,(H,26,28)/t24-/m0/s1. The number of rotatable bonds is 8. The fraction of sp³-hybridized carbons (Fsp3) is 0.200. The number of carbonyl (C=O) groups excluding carboxylic acids is 2. The van der Waals surface area contributed by atoms with E-state index in [1.807, 2.05) is 19.1 Å². The van der Waals surface area contributed by atoms with Crippen molar-refractivity contribution in [2.24, 2.45) is 0 Å². The van der Waals surface area contributed by atoms with E-state index in [9.17, 15) is 9.59 Å². The summed E-state index contributed by atoms with van der Waals surface area (Å²) in [6, 6.07) is 21.5. The minimum Gasteiger partial charge on any atom is -0.497 e. The van der Waals surface area contributed by atoms with Gasteiger partial charge < -0.3 is 19.5 Å². The van der Waals surface area contributed by atoms with E-state index in [4.69, 9.17) is 14.2 Å². The van der Waals surface area contributed by atoms with Gasteiger partial charge in [-0.25, -0.2) is 0 Å². The fourth-order valence-electron chi connectivity index (χ4n) is 3.10. The summed E-state index contributed by atoms with van der Waals surface area (Å²) in [6.45, 7) is 1.92. The van der Waals surface area contributed by atoms with Gasteiger partial charge in [-0.05, 0) is 42.3 Å². The van der Waals surface area contributed by atoms with Crippen molar-refractivity contribution in [2.45, 2.75) is 19.4 Å². The molecule has 31 heavy (non-hydrogen) atoms. The van der Waals surface area contributed by atoms with Gasteiger partial charge in [0.1, 0.15) is 11.5 Å². The molecule has 1 atom stereocenters. The zero-order chi connectivity index (χ0) is 22.2. The molecule has 0 aliphatic carbocycles. The van der Waals surface area contributed by atoms with Crippen LogP contribution in [0.1, 0.15) is 22.8 Å². The van der Waals surface area contributed by atoms with E-state index in [1.165, 1.54) is 7.11 Å². The van der Waals surface area contributed by atoms with Crippen molar-refractivity contribution in [2.75, 3.05) is 19.5 Å². The lowest BCUT2D eigenvalue weighted by atomic mass is 10.1. The van der Waals surface area contributed by atoms with Gasteiger partial charge in [0.15, 0.2) is 0 Å². The number of esters is 1. The fourth-order valence-corrected chi connectivity index (χ4v) is 3.10.